The minimum Gasteiger partial charge on any atom is -0.384 e. The SMILES string of the molecule is N#CCN(CC#N)C(=O)c1cc(F)ccc1C#CCO. The first-order valence-corrected chi connectivity index (χ1v) is 5.56. The maximum atomic E-state index is 13.3. The summed E-state index contributed by atoms with van der Waals surface area (Å²) in [6, 6.07) is 6.96. The molecule has 6 heteroatoms. The second-order valence-corrected chi connectivity index (χ2v) is 3.63. The summed E-state index contributed by atoms with van der Waals surface area (Å²) < 4.78 is 13.3. The van der Waals surface area contributed by atoms with E-state index in [1.54, 1.807) is 12.1 Å². The minimum atomic E-state index is -0.658. The summed E-state index contributed by atoms with van der Waals surface area (Å²) in [5, 5.41) is 25.9. The van der Waals surface area contributed by atoms with Gasteiger partial charge in [0.1, 0.15) is 25.5 Å². The first kappa shape index (κ1) is 15.2. The Balaban J connectivity index is 3.22. The number of carbonyl (C=O) groups excluding carboxylic acids is 1. The Kier molecular flexibility index (Phi) is 5.72. The van der Waals surface area contributed by atoms with E-state index >= 15 is 0 Å². The van der Waals surface area contributed by atoms with Crippen molar-refractivity contribution in [1.29, 1.82) is 10.5 Å². The third-order valence-corrected chi connectivity index (χ3v) is 2.32. The molecule has 0 unspecified atom stereocenters. The van der Waals surface area contributed by atoms with E-state index in [2.05, 4.69) is 11.8 Å². The number of aliphatic hydroxyl groups excluding tert-OH is 1. The number of nitrogens with zero attached hydrogens (tertiary/aromatic N) is 3. The van der Waals surface area contributed by atoms with Gasteiger partial charge in [0, 0.05) is 5.56 Å². The number of rotatable bonds is 3. The highest BCUT2D eigenvalue weighted by Crippen LogP contribution is 2.13. The Bertz CT molecular complexity index is 631. The van der Waals surface area contributed by atoms with Crippen LogP contribution in [0.2, 0.25) is 0 Å². The van der Waals surface area contributed by atoms with Crippen molar-refractivity contribution in [1.82, 2.24) is 4.90 Å². The monoisotopic (exact) mass is 271 g/mol. The first-order valence-electron chi connectivity index (χ1n) is 5.56. The Morgan fingerprint density at radius 3 is 2.50 bits per heavy atom. The third-order valence-electron chi connectivity index (χ3n) is 2.32. The van der Waals surface area contributed by atoms with Gasteiger partial charge in [-0.3, -0.25) is 4.79 Å². The van der Waals surface area contributed by atoms with Gasteiger partial charge in [0.25, 0.3) is 5.91 Å². The number of halogens is 1. The summed E-state index contributed by atoms with van der Waals surface area (Å²) in [5.41, 5.74) is 0.183. The van der Waals surface area contributed by atoms with Crippen LogP contribution in [0.1, 0.15) is 15.9 Å². The lowest BCUT2D eigenvalue weighted by atomic mass is 10.1. The molecule has 0 bridgehead atoms. The number of nitriles is 2. The molecule has 0 aromatic heterocycles. The zero-order valence-corrected chi connectivity index (χ0v) is 10.4. The van der Waals surface area contributed by atoms with E-state index in [9.17, 15) is 9.18 Å². The average molecular weight is 271 g/mol. The minimum absolute atomic E-state index is 0.0450. The van der Waals surface area contributed by atoms with Gasteiger partial charge in [-0.15, -0.1) is 0 Å². The second kappa shape index (κ2) is 7.53. The van der Waals surface area contributed by atoms with Crippen LogP contribution in [0, 0.1) is 40.3 Å². The summed E-state index contributed by atoms with van der Waals surface area (Å²) in [6.07, 6.45) is 0. The van der Waals surface area contributed by atoms with E-state index in [1.807, 2.05) is 0 Å². The Morgan fingerprint density at radius 1 is 1.30 bits per heavy atom. The van der Waals surface area contributed by atoms with Gasteiger partial charge in [-0.2, -0.15) is 10.5 Å². The predicted molar refractivity (Wildman–Crippen MR) is 67.5 cm³/mol. The smallest absolute Gasteiger partial charge is 0.256 e. The molecule has 1 aromatic rings. The summed E-state index contributed by atoms with van der Waals surface area (Å²) in [5.74, 6) is 3.61. The van der Waals surface area contributed by atoms with Gasteiger partial charge >= 0.3 is 0 Å². The molecule has 1 aromatic carbocycles. The zero-order chi connectivity index (χ0) is 15.0. The van der Waals surface area contributed by atoms with Gasteiger partial charge < -0.3 is 10.0 Å². The van der Waals surface area contributed by atoms with Crippen LogP contribution in [0.3, 0.4) is 0 Å². The van der Waals surface area contributed by atoms with Crippen LogP contribution >= 0.6 is 0 Å². The van der Waals surface area contributed by atoms with E-state index in [-0.39, 0.29) is 24.2 Å². The van der Waals surface area contributed by atoms with Crippen LogP contribution in [0.25, 0.3) is 0 Å². The molecule has 1 rings (SSSR count). The number of carbonyl (C=O) groups is 1. The van der Waals surface area contributed by atoms with Crippen LogP contribution in [0.5, 0.6) is 0 Å². The molecule has 20 heavy (non-hydrogen) atoms. The molecule has 0 fully saturated rings. The molecule has 0 atom stereocenters. The van der Waals surface area contributed by atoms with Crippen molar-refractivity contribution in [2.24, 2.45) is 0 Å². The Labute approximate surface area is 115 Å². The predicted octanol–water partition coefficient (Wildman–Crippen LogP) is 0.659. The normalized spacial score (nSPS) is 8.80. The van der Waals surface area contributed by atoms with Gasteiger partial charge in [0.05, 0.1) is 17.7 Å². The standard InChI is InChI=1S/C14H10FN3O2/c15-12-4-3-11(2-1-9-19)13(10-12)14(20)18(7-5-16)8-6-17/h3-4,10,19H,7-9H2. The molecule has 100 valence electrons. The fourth-order valence-electron chi connectivity index (χ4n) is 1.48. The highest BCUT2D eigenvalue weighted by Gasteiger charge is 2.18. The lowest BCUT2D eigenvalue weighted by molar-refractivity contribution is 0.0794. The van der Waals surface area contributed by atoms with Crippen molar-refractivity contribution < 1.29 is 14.3 Å². The summed E-state index contributed by atoms with van der Waals surface area (Å²) in [7, 11) is 0. The number of aliphatic hydroxyl groups is 1. The summed E-state index contributed by atoms with van der Waals surface area (Å²) in [6.45, 7) is -0.962. The van der Waals surface area contributed by atoms with Crippen LogP contribution < -0.4 is 0 Å². The van der Waals surface area contributed by atoms with E-state index in [0.29, 0.717) is 0 Å². The molecule has 0 spiro atoms. The van der Waals surface area contributed by atoms with Gasteiger partial charge in [-0.05, 0) is 18.2 Å². The number of benzene rings is 1. The Morgan fingerprint density at radius 2 is 1.95 bits per heavy atom. The summed E-state index contributed by atoms with van der Waals surface area (Å²) >= 11 is 0. The zero-order valence-electron chi connectivity index (χ0n) is 10.4. The molecule has 0 heterocycles. The second-order valence-electron chi connectivity index (χ2n) is 3.63. The van der Waals surface area contributed by atoms with Crippen LogP contribution in [-0.4, -0.2) is 35.6 Å². The molecule has 1 amide bonds. The van der Waals surface area contributed by atoms with Crippen LogP contribution in [-0.2, 0) is 0 Å². The molecule has 0 aliphatic heterocycles. The molecule has 0 aliphatic carbocycles. The van der Waals surface area contributed by atoms with Crippen LogP contribution in [0.4, 0.5) is 4.39 Å². The van der Waals surface area contributed by atoms with E-state index in [4.69, 9.17) is 15.6 Å². The molecular weight excluding hydrogens is 261 g/mol. The maximum absolute atomic E-state index is 13.3. The molecule has 0 saturated carbocycles. The van der Waals surface area contributed by atoms with E-state index in [1.165, 1.54) is 6.07 Å². The van der Waals surface area contributed by atoms with Crippen molar-refractivity contribution in [2.75, 3.05) is 19.7 Å². The van der Waals surface area contributed by atoms with Crippen LogP contribution in [0.15, 0.2) is 18.2 Å². The maximum Gasteiger partial charge on any atom is 0.256 e. The summed E-state index contributed by atoms with van der Waals surface area (Å²) in [4.78, 5) is 13.2. The molecule has 0 aliphatic rings. The van der Waals surface area contributed by atoms with Crippen molar-refractivity contribution in [3.63, 3.8) is 0 Å². The van der Waals surface area contributed by atoms with Crippen molar-refractivity contribution in [3.8, 4) is 24.0 Å². The molecular formula is C14H10FN3O2. The fourth-order valence-corrected chi connectivity index (χ4v) is 1.48. The fraction of sp³-hybridized carbons (Fsp3) is 0.214. The van der Waals surface area contributed by atoms with Gasteiger partial charge in [0.15, 0.2) is 0 Å². The third kappa shape index (κ3) is 3.81. The van der Waals surface area contributed by atoms with Gasteiger partial charge in [-0.25, -0.2) is 4.39 Å². The molecule has 0 saturated heterocycles. The first-order chi connectivity index (χ1) is 9.63. The van der Waals surface area contributed by atoms with Crippen molar-refractivity contribution in [2.45, 2.75) is 0 Å². The Hall–Kier alpha value is -2.88. The largest absolute Gasteiger partial charge is 0.384 e. The topological polar surface area (TPSA) is 88.1 Å². The average Bonchev–Trinajstić information content (AvgIpc) is 2.45. The lowest BCUT2D eigenvalue weighted by Crippen LogP contribution is -2.32. The number of amides is 1. The molecule has 5 nitrogen and oxygen atoms in total. The quantitative estimate of drug-likeness (QED) is 0.646. The highest BCUT2D eigenvalue weighted by molar-refractivity contribution is 5.97. The van der Waals surface area contributed by atoms with E-state index in [0.717, 1.165) is 17.0 Å². The molecule has 0 radical (unpaired) electrons. The van der Waals surface area contributed by atoms with E-state index < -0.39 is 18.3 Å². The number of hydrogen-bond acceptors (Lipinski definition) is 4. The van der Waals surface area contributed by atoms with Crippen molar-refractivity contribution in [3.05, 3.63) is 35.1 Å². The lowest BCUT2D eigenvalue weighted by Gasteiger charge is -2.16. The van der Waals surface area contributed by atoms with Gasteiger partial charge in [0.2, 0.25) is 0 Å². The van der Waals surface area contributed by atoms with Gasteiger partial charge in [-0.1, -0.05) is 11.8 Å². The molecule has 1 N–H and O–H groups in total. The number of hydrogen-bond donors (Lipinski definition) is 1. The van der Waals surface area contributed by atoms with Crippen molar-refractivity contribution >= 4 is 5.91 Å². The highest BCUT2D eigenvalue weighted by atomic mass is 19.1.